The van der Waals surface area contributed by atoms with Gasteiger partial charge in [-0.2, -0.15) is 37.9 Å². The molecule has 0 aromatic heterocycles. The molecule has 0 saturated heterocycles. The Labute approximate surface area is 239 Å². The zero-order valence-corrected chi connectivity index (χ0v) is 23.9. The second kappa shape index (κ2) is 9.68. The van der Waals surface area contributed by atoms with Crippen molar-refractivity contribution in [2.75, 3.05) is 17.3 Å². The third-order valence-corrected chi connectivity index (χ3v) is 11.3. The number of allylic oxidation sites excluding steroid dienone is 4. The largest absolute Gasteiger partial charge is 0.179 e. The van der Waals surface area contributed by atoms with E-state index in [1.54, 1.807) is 0 Å². The van der Waals surface area contributed by atoms with Crippen LogP contribution in [-0.2, 0) is 5.41 Å². The van der Waals surface area contributed by atoms with Crippen molar-refractivity contribution in [1.29, 1.82) is 0 Å². The van der Waals surface area contributed by atoms with Gasteiger partial charge in [0.1, 0.15) is 0 Å². The van der Waals surface area contributed by atoms with E-state index >= 15 is 0 Å². The summed E-state index contributed by atoms with van der Waals surface area (Å²) in [4.78, 5) is 0. The first-order valence-electron chi connectivity index (χ1n) is 13.4. The Bertz CT molecular complexity index is 1310. The van der Waals surface area contributed by atoms with Crippen LogP contribution in [0.5, 0.6) is 0 Å². The Hall–Kier alpha value is -1.91. The molecule has 0 heterocycles. The predicted molar refractivity (Wildman–Crippen MR) is 166 cm³/mol. The molecular weight excluding hydrogens is 505 g/mol. The molecule has 188 valence electrons. The van der Waals surface area contributed by atoms with Crippen LogP contribution >= 0.6 is 37.9 Å². The van der Waals surface area contributed by atoms with E-state index in [0.29, 0.717) is 16.2 Å². The van der Waals surface area contributed by atoms with E-state index in [9.17, 15) is 0 Å². The average molecular weight is 539 g/mol. The summed E-state index contributed by atoms with van der Waals surface area (Å²) < 4.78 is 0. The van der Waals surface area contributed by atoms with Crippen molar-refractivity contribution in [1.82, 2.24) is 0 Å². The van der Waals surface area contributed by atoms with Crippen molar-refractivity contribution >= 4 is 37.9 Å². The van der Waals surface area contributed by atoms with Gasteiger partial charge in [-0.1, -0.05) is 54.0 Å². The summed E-state index contributed by atoms with van der Waals surface area (Å²) in [6.07, 6.45) is 14.8. The summed E-state index contributed by atoms with van der Waals surface area (Å²) in [6, 6.07) is 17.4. The smallest absolute Gasteiger partial charge is 0.0249 e. The number of hydrogen-bond donors (Lipinski definition) is 3. The Morgan fingerprint density at radius 2 is 1.00 bits per heavy atom. The highest BCUT2D eigenvalue weighted by Gasteiger charge is 2.67. The molecule has 2 aromatic rings. The maximum Gasteiger partial charge on any atom is 0.0249 e. The van der Waals surface area contributed by atoms with Gasteiger partial charge >= 0.3 is 0 Å². The van der Waals surface area contributed by atoms with E-state index in [1.165, 1.54) is 49.7 Å². The molecule has 0 atom stereocenters. The highest BCUT2D eigenvalue weighted by molar-refractivity contribution is 7.80. The SMILES string of the molecule is SCC12CC3(CS)CC(CS)(C1)CC(c1ccc(C#Cc4ccc(C#CC5=CC=CC5)cc4)cc1)(C2)C3. The van der Waals surface area contributed by atoms with Gasteiger partial charge < -0.3 is 0 Å². The fourth-order valence-electron chi connectivity index (χ4n) is 8.48. The monoisotopic (exact) mass is 538 g/mol. The second-order valence-corrected chi connectivity index (χ2v) is 13.2. The van der Waals surface area contributed by atoms with Gasteiger partial charge in [0, 0.05) is 22.3 Å². The van der Waals surface area contributed by atoms with E-state index in [-0.39, 0.29) is 5.41 Å². The molecule has 0 N–H and O–H groups in total. The Kier molecular flexibility index (Phi) is 6.64. The van der Waals surface area contributed by atoms with E-state index in [2.05, 4.69) is 90.4 Å². The van der Waals surface area contributed by atoms with Gasteiger partial charge in [-0.25, -0.2) is 0 Å². The Morgan fingerprint density at radius 1 is 0.568 bits per heavy atom. The molecule has 0 spiro atoms. The van der Waals surface area contributed by atoms with Crippen molar-refractivity contribution in [2.24, 2.45) is 16.2 Å². The fraction of sp³-hybridized carbons (Fsp3) is 0.412. The van der Waals surface area contributed by atoms with Crippen molar-refractivity contribution in [3.8, 4) is 23.7 Å². The molecule has 7 rings (SSSR count). The van der Waals surface area contributed by atoms with Gasteiger partial charge in [-0.05, 0) is 126 Å². The van der Waals surface area contributed by atoms with Crippen molar-refractivity contribution < 1.29 is 0 Å². The number of thiol groups is 3. The maximum atomic E-state index is 4.90. The molecule has 37 heavy (non-hydrogen) atoms. The molecule has 4 bridgehead atoms. The van der Waals surface area contributed by atoms with Crippen LogP contribution in [0.3, 0.4) is 0 Å². The third kappa shape index (κ3) is 4.74. The number of rotatable bonds is 4. The Morgan fingerprint density at radius 3 is 1.41 bits per heavy atom. The predicted octanol–water partition coefficient (Wildman–Crippen LogP) is 7.69. The summed E-state index contributed by atoms with van der Waals surface area (Å²) in [5, 5.41) is 0. The topological polar surface area (TPSA) is 0 Å². The molecule has 0 amide bonds. The van der Waals surface area contributed by atoms with Gasteiger partial charge in [0.05, 0.1) is 0 Å². The molecular formula is C34H34S3. The molecule has 0 unspecified atom stereocenters. The summed E-state index contributed by atoms with van der Waals surface area (Å²) in [7, 11) is 0. The molecule has 0 radical (unpaired) electrons. The van der Waals surface area contributed by atoms with E-state index in [0.717, 1.165) is 40.4 Å². The molecule has 4 fully saturated rings. The lowest BCUT2D eigenvalue weighted by molar-refractivity contribution is -0.145. The molecule has 0 aliphatic heterocycles. The van der Waals surface area contributed by atoms with Crippen LogP contribution in [0.4, 0.5) is 0 Å². The quantitative estimate of drug-likeness (QED) is 0.258. The fourth-order valence-corrected chi connectivity index (χ4v) is 9.49. The standard InChI is InChI=1S/C34H34S3/c35-23-31-17-32(24-36)19-33(18-31,25-37)22-34(20-31,21-32)30-15-13-29(14-16-30)12-11-28-9-7-27(8-10-28)6-5-26-3-1-2-4-26/h1-3,7-10,13-16,35-37H,4,17-25H2. The van der Waals surface area contributed by atoms with Crippen molar-refractivity contribution in [3.05, 3.63) is 94.6 Å². The summed E-state index contributed by atoms with van der Waals surface area (Å²) in [5.74, 6) is 16.1. The van der Waals surface area contributed by atoms with Gasteiger partial charge in [0.15, 0.2) is 0 Å². The lowest BCUT2D eigenvalue weighted by Gasteiger charge is -2.71. The summed E-state index contributed by atoms with van der Waals surface area (Å²) in [5.41, 5.74) is 6.94. The molecule has 5 aliphatic carbocycles. The molecule has 2 aromatic carbocycles. The zero-order chi connectivity index (χ0) is 25.6. The minimum Gasteiger partial charge on any atom is -0.179 e. The third-order valence-electron chi connectivity index (χ3n) is 9.27. The Balaban J connectivity index is 1.22. The molecule has 4 saturated carbocycles. The van der Waals surface area contributed by atoms with Crippen LogP contribution in [0.15, 0.2) is 72.3 Å². The van der Waals surface area contributed by atoms with Gasteiger partial charge in [-0.15, -0.1) is 0 Å². The van der Waals surface area contributed by atoms with Crippen molar-refractivity contribution in [3.63, 3.8) is 0 Å². The lowest BCUT2D eigenvalue weighted by Crippen LogP contribution is -2.64. The summed E-state index contributed by atoms with van der Waals surface area (Å²) >= 11 is 14.7. The van der Waals surface area contributed by atoms with E-state index in [1.807, 2.05) is 0 Å². The van der Waals surface area contributed by atoms with Crippen molar-refractivity contribution in [2.45, 2.75) is 50.4 Å². The van der Waals surface area contributed by atoms with E-state index < -0.39 is 0 Å². The zero-order valence-electron chi connectivity index (χ0n) is 21.3. The van der Waals surface area contributed by atoms with Gasteiger partial charge in [0.2, 0.25) is 0 Å². The highest BCUT2D eigenvalue weighted by Crippen LogP contribution is 2.74. The van der Waals surface area contributed by atoms with Crippen LogP contribution in [0.25, 0.3) is 0 Å². The molecule has 3 heteroatoms. The first kappa shape index (κ1) is 25.4. The average Bonchev–Trinajstić information content (AvgIpc) is 3.45. The highest BCUT2D eigenvalue weighted by atomic mass is 32.1. The maximum absolute atomic E-state index is 4.90. The second-order valence-electron chi connectivity index (χ2n) is 12.3. The normalized spacial score (nSPS) is 32.9. The minimum absolute atomic E-state index is 0.219. The van der Waals surface area contributed by atoms with Crippen LogP contribution in [0.2, 0.25) is 0 Å². The number of hydrogen-bond acceptors (Lipinski definition) is 3. The van der Waals surface area contributed by atoms with Crippen LogP contribution < -0.4 is 0 Å². The van der Waals surface area contributed by atoms with E-state index in [4.69, 9.17) is 37.9 Å². The van der Waals surface area contributed by atoms with Crippen LogP contribution in [0, 0.1) is 39.9 Å². The lowest BCUT2D eigenvalue weighted by atomic mass is 9.35. The first-order chi connectivity index (χ1) is 17.9. The van der Waals surface area contributed by atoms with Gasteiger partial charge in [0.25, 0.3) is 0 Å². The van der Waals surface area contributed by atoms with Crippen LogP contribution in [0.1, 0.15) is 67.2 Å². The molecule has 5 aliphatic rings. The van der Waals surface area contributed by atoms with Gasteiger partial charge in [-0.3, -0.25) is 0 Å². The van der Waals surface area contributed by atoms with Crippen LogP contribution in [-0.4, -0.2) is 17.3 Å². The minimum atomic E-state index is 0.219. The first-order valence-corrected chi connectivity index (χ1v) is 15.3. The molecule has 0 nitrogen and oxygen atoms in total. The summed E-state index contributed by atoms with van der Waals surface area (Å²) in [6.45, 7) is 0. The number of benzene rings is 2.